The number of fused-ring (bicyclic) bond motifs is 2. The summed E-state index contributed by atoms with van der Waals surface area (Å²) in [4.78, 5) is 39.9. The number of hydrogen-bond acceptors (Lipinski definition) is 4. The summed E-state index contributed by atoms with van der Waals surface area (Å²) in [5.41, 5.74) is 0.971. The van der Waals surface area contributed by atoms with E-state index in [0.717, 1.165) is 34.2 Å². The number of carbonyl (C=O) groups excluding carboxylic acids is 2. The number of halogens is 2. The minimum atomic E-state index is -1.17. The highest BCUT2D eigenvalue weighted by molar-refractivity contribution is 7.17. The predicted molar refractivity (Wildman–Crippen MR) is 128 cm³/mol. The second-order valence-corrected chi connectivity index (χ2v) is 9.24. The summed E-state index contributed by atoms with van der Waals surface area (Å²) in [6, 6.07) is 15.8. The first-order valence-electron chi connectivity index (χ1n) is 10.7. The molecule has 2 amide bonds. The van der Waals surface area contributed by atoms with Crippen molar-refractivity contribution in [3.05, 3.63) is 99.4 Å². The molecular weight excluding hydrogens is 474 g/mol. The Bertz CT molecular complexity index is 1510. The molecule has 0 saturated heterocycles. The van der Waals surface area contributed by atoms with Crippen molar-refractivity contribution in [2.45, 2.75) is 13.0 Å². The van der Waals surface area contributed by atoms with Crippen LogP contribution in [0.1, 0.15) is 41.5 Å². The fourth-order valence-corrected chi connectivity index (χ4v) is 5.46. The number of nitrogens with zero attached hydrogens (tertiary/aromatic N) is 1. The monoisotopic (exact) mass is 492 g/mol. The van der Waals surface area contributed by atoms with Gasteiger partial charge in [-0.25, -0.2) is 13.6 Å². The highest BCUT2D eigenvalue weighted by atomic mass is 32.1. The van der Waals surface area contributed by atoms with Crippen LogP contribution in [0.2, 0.25) is 0 Å². The Labute approximate surface area is 202 Å². The highest BCUT2D eigenvalue weighted by Gasteiger charge is 2.31. The summed E-state index contributed by atoms with van der Waals surface area (Å²) in [5, 5.41) is 14.6. The van der Waals surface area contributed by atoms with Crippen molar-refractivity contribution in [1.82, 2.24) is 4.90 Å². The van der Waals surface area contributed by atoms with E-state index < -0.39 is 29.4 Å². The van der Waals surface area contributed by atoms with Crippen molar-refractivity contribution in [3.8, 4) is 0 Å². The number of aromatic carboxylic acids is 1. The molecule has 0 radical (unpaired) electrons. The molecule has 1 aromatic heterocycles. The number of amides is 2. The van der Waals surface area contributed by atoms with Gasteiger partial charge in [0.25, 0.3) is 11.8 Å². The van der Waals surface area contributed by atoms with Crippen molar-refractivity contribution in [2.24, 2.45) is 0 Å². The van der Waals surface area contributed by atoms with Crippen molar-refractivity contribution >= 4 is 44.9 Å². The van der Waals surface area contributed by atoms with Gasteiger partial charge >= 0.3 is 5.97 Å². The molecule has 2 heterocycles. The van der Waals surface area contributed by atoms with Crippen LogP contribution in [-0.4, -0.2) is 34.3 Å². The summed E-state index contributed by atoms with van der Waals surface area (Å²) < 4.78 is 26.8. The molecule has 176 valence electrons. The van der Waals surface area contributed by atoms with E-state index in [1.54, 1.807) is 12.1 Å². The quantitative estimate of drug-likeness (QED) is 0.403. The van der Waals surface area contributed by atoms with Crippen LogP contribution in [-0.2, 0) is 13.0 Å². The first kappa shape index (κ1) is 22.7. The maximum absolute atomic E-state index is 13.6. The Morgan fingerprint density at radius 1 is 0.914 bits per heavy atom. The first-order chi connectivity index (χ1) is 16.8. The zero-order valence-corrected chi connectivity index (χ0v) is 19.0. The smallest absolute Gasteiger partial charge is 0.339 e. The molecule has 0 bridgehead atoms. The summed E-state index contributed by atoms with van der Waals surface area (Å²) in [5.74, 6) is -4.25. The lowest BCUT2D eigenvalue weighted by Crippen LogP contribution is -2.35. The second-order valence-electron chi connectivity index (χ2n) is 8.13. The number of hydrogen-bond donors (Lipinski definition) is 2. The van der Waals surface area contributed by atoms with Crippen LogP contribution >= 0.6 is 11.3 Å². The number of rotatable bonds is 4. The average molecular weight is 493 g/mol. The molecule has 3 aromatic carbocycles. The Morgan fingerprint density at radius 2 is 1.66 bits per heavy atom. The summed E-state index contributed by atoms with van der Waals surface area (Å²) in [6.45, 7) is 0.309. The van der Waals surface area contributed by atoms with E-state index in [0.29, 0.717) is 16.0 Å². The van der Waals surface area contributed by atoms with Crippen LogP contribution in [0.3, 0.4) is 0 Å². The molecule has 35 heavy (non-hydrogen) atoms. The molecule has 1 aliphatic rings. The molecule has 0 aliphatic carbocycles. The summed E-state index contributed by atoms with van der Waals surface area (Å²) in [6.07, 6.45) is 0.259. The Hall–Kier alpha value is -4.11. The number of carbonyl (C=O) groups is 3. The van der Waals surface area contributed by atoms with E-state index >= 15 is 0 Å². The van der Waals surface area contributed by atoms with E-state index in [1.165, 1.54) is 11.0 Å². The molecular formula is C26H18F2N2O4S. The van der Waals surface area contributed by atoms with Crippen LogP contribution < -0.4 is 5.32 Å². The van der Waals surface area contributed by atoms with Crippen LogP contribution in [0.5, 0.6) is 0 Å². The molecule has 1 aliphatic heterocycles. The number of nitrogens with one attached hydrogen (secondary N) is 1. The number of carboxylic acids is 1. The van der Waals surface area contributed by atoms with Crippen molar-refractivity contribution in [1.29, 1.82) is 0 Å². The molecule has 0 unspecified atom stereocenters. The van der Waals surface area contributed by atoms with Gasteiger partial charge in [-0.1, -0.05) is 30.3 Å². The van der Waals surface area contributed by atoms with Gasteiger partial charge in [-0.15, -0.1) is 11.3 Å². The third-order valence-corrected chi connectivity index (χ3v) is 7.10. The SMILES string of the molecule is O=C(Nc1sc2c(c1C(=O)O)CCN(C(=O)c1ccc(F)c(F)c1)C2)c1ccc2ccccc2c1. The molecule has 5 rings (SSSR count). The standard InChI is InChI=1S/C26H18F2N2O4S/c27-19-8-7-17(12-20(19)28)25(32)30-10-9-18-21(13-30)35-24(22(18)26(33)34)29-23(31)16-6-5-14-3-1-2-4-15(14)11-16/h1-8,11-12H,9-10,13H2,(H,29,31)(H,33,34). The average Bonchev–Trinajstić information content (AvgIpc) is 3.22. The van der Waals surface area contributed by atoms with Gasteiger partial charge in [0.1, 0.15) is 5.00 Å². The van der Waals surface area contributed by atoms with E-state index in [-0.39, 0.29) is 35.6 Å². The van der Waals surface area contributed by atoms with Gasteiger partial charge in [-0.3, -0.25) is 9.59 Å². The van der Waals surface area contributed by atoms with Crippen LogP contribution in [0, 0.1) is 11.6 Å². The van der Waals surface area contributed by atoms with Crippen LogP contribution in [0.15, 0.2) is 60.7 Å². The molecule has 2 N–H and O–H groups in total. The minimum absolute atomic E-state index is 0.00666. The molecule has 6 nitrogen and oxygen atoms in total. The predicted octanol–water partition coefficient (Wildman–Crippen LogP) is 5.33. The van der Waals surface area contributed by atoms with Gasteiger partial charge in [0.2, 0.25) is 0 Å². The van der Waals surface area contributed by atoms with Crippen LogP contribution in [0.25, 0.3) is 10.8 Å². The fraction of sp³-hybridized carbons (Fsp3) is 0.115. The first-order valence-corrected chi connectivity index (χ1v) is 11.6. The molecule has 0 saturated carbocycles. The summed E-state index contributed by atoms with van der Waals surface area (Å²) in [7, 11) is 0. The molecule has 0 atom stereocenters. The van der Waals surface area contributed by atoms with Crippen molar-refractivity contribution < 1.29 is 28.3 Å². The third kappa shape index (κ3) is 4.26. The largest absolute Gasteiger partial charge is 0.478 e. The lowest BCUT2D eigenvalue weighted by molar-refractivity contribution is 0.0696. The zero-order valence-electron chi connectivity index (χ0n) is 18.2. The number of anilines is 1. The van der Waals surface area contributed by atoms with Crippen molar-refractivity contribution in [2.75, 3.05) is 11.9 Å². The van der Waals surface area contributed by atoms with E-state index in [2.05, 4.69) is 5.32 Å². The highest BCUT2D eigenvalue weighted by Crippen LogP contribution is 2.38. The fourth-order valence-electron chi connectivity index (χ4n) is 4.21. The van der Waals surface area contributed by atoms with Crippen molar-refractivity contribution in [3.63, 3.8) is 0 Å². The summed E-state index contributed by atoms with van der Waals surface area (Å²) >= 11 is 1.10. The van der Waals surface area contributed by atoms with Gasteiger partial charge in [-0.05, 0) is 53.1 Å². The van der Waals surface area contributed by atoms with Gasteiger partial charge < -0.3 is 15.3 Å². The van der Waals surface area contributed by atoms with Gasteiger partial charge in [0.05, 0.1) is 12.1 Å². The lowest BCUT2D eigenvalue weighted by Gasteiger charge is -2.27. The maximum atomic E-state index is 13.6. The number of thiophene rings is 1. The van der Waals surface area contributed by atoms with Gasteiger partial charge in [0.15, 0.2) is 11.6 Å². The molecule has 0 fully saturated rings. The van der Waals surface area contributed by atoms with E-state index in [9.17, 15) is 28.3 Å². The topological polar surface area (TPSA) is 86.7 Å². The van der Waals surface area contributed by atoms with Crippen LogP contribution in [0.4, 0.5) is 13.8 Å². The Morgan fingerprint density at radius 3 is 2.40 bits per heavy atom. The number of benzene rings is 3. The zero-order chi connectivity index (χ0) is 24.7. The molecule has 0 spiro atoms. The maximum Gasteiger partial charge on any atom is 0.339 e. The van der Waals surface area contributed by atoms with E-state index in [1.807, 2.05) is 30.3 Å². The third-order valence-electron chi connectivity index (χ3n) is 5.96. The lowest BCUT2D eigenvalue weighted by atomic mass is 10.0. The van der Waals surface area contributed by atoms with Gasteiger partial charge in [0, 0.05) is 22.5 Å². The Kier molecular flexibility index (Phi) is 5.78. The molecule has 4 aromatic rings. The molecule has 9 heteroatoms. The Balaban J connectivity index is 1.41. The van der Waals surface area contributed by atoms with Gasteiger partial charge in [-0.2, -0.15) is 0 Å². The second kappa shape index (κ2) is 8.92. The minimum Gasteiger partial charge on any atom is -0.478 e. The normalized spacial score (nSPS) is 12.9. The number of carboxylic acid groups (broad SMARTS) is 1. The van der Waals surface area contributed by atoms with E-state index in [4.69, 9.17) is 0 Å².